The van der Waals surface area contributed by atoms with Crippen LogP contribution in [-0.2, 0) is 0 Å². The van der Waals surface area contributed by atoms with E-state index in [1.54, 1.807) is 18.2 Å². The highest BCUT2D eigenvalue weighted by atomic mass is 79.9. The van der Waals surface area contributed by atoms with Crippen LogP contribution in [0.2, 0.25) is 0 Å². The second kappa shape index (κ2) is 7.02. The summed E-state index contributed by atoms with van der Waals surface area (Å²) < 4.78 is 1.51. The van der Waals surface area contributed by atoms with Crippen LogP contribution in [0, 0.1) is 0 Å². The van der Waals surface area contributed by atoms with Gasteiger partial charge >= 0.3 is 0 Å². The average Bonchev–Trinajstić information content (AvgIpc) is 2.42. The molecule has 2 aromatic carbocycles. The molecule has 0 aliphatic carbocycles. The van der Waals surface area contributed by atoms with Crippen LogP contribution < -0.4 is 11.2 Å². The number of hydrogen-bond donors (Lipinski definition) is 3. The smallest absolute Gasteiger partial charge is 0.184 e. The van der Waals surface area contributed by atoms with Gasteiger partial charge in [-0.1, -0.05) is 28.1 Å². The number of thiocarbonyl (C=S) groups is 1. The third-order valence-electron chi connectivity index (χ3n) is 2.60. The monoisotopic (exact) mass is 427 g/mol. The first kappa shape index (κ1) is 15.9. The van der Waals surface area contributed by atoms with Crippen LogP contribution in [0.5, 0.6) is 5.75 Å². The fourth-order valence-corrected chi connectivity index (χ4v) is 2.52. The van der Waals surface area contributed by atoms with E-state index in [0.29, 0.717) is 10.2 Å². The quantitative estimate of drug-likeness (QED) is 0.397. The Kier molecular flexibility index (Phi) is 5.33. The minimum absolute atomic E-state index is 0.0836. The van der Waals surface area contributed by atoms with Crippen LogP contribution in [0.3, 0.4) is 0 Å². The third-order valence-corrected chi connectivity index (χ3v) is 3.82. The molecular weight excluding hydrogens is 418 g/mol. The topological polar surface area (TPSA) is 70.6 Å². The number of aromatic hydroxyl groups is 1. The van der Waals surface area contributed by atoms with Crippen LogP contribution in [0.4, 0.5) is 0 Å². The van der Waals surface area contributed by atoms with E-state index in [9.17, 15) is 5.11 Å². The fraction of sp³-hybridized carbons (Fsp3) is 0. The normalized spacial score (nSPS) is 11.2. The number of hydrogen-bond acceptors (Lipinski definition) is 3. The highest BCUT2D eigenvalue weighted by molar-refractivity contribution is 9.10. The number of phenolic OH excluding ortho intramolecular Hbond substituents is 1. The van der Waals surface area contributed by atoms with Crippen LogP contribution in [0.25, 0.3) is 0 Å². The van der Waals surface area contributed by atoms with Crippen molar-refractivity contribution in [2.45, 2.75) is 0 Å². The van der Waals surface area contributed by atoms with E-state index >= 15 is 0 Å². The van der Waals surface area contributed by atoms with Gasteiger partial charge in [-0.2, -0.15) is 5.10 Å². The number of nitrogens with one attached hydrogen (secondary N) is 1. The highest BCUT2D eigenvalue weighted by Crippen LogP contribution is 2.26. The fourth-order valence-electron chi connectivity index (χ4n) is 1.70. The lowest BCUT2D eigenvalue weighted by Gasteiger charge is -2.09. The van der Waals surface area contributed by atoms with E-state index in [0.717, 1.165) is 15.6 Å². The predicted octanol–water partition coefficient (Wildman–Crippen LogP) is 3.50. The molecule has 21 heavy (non-hydrogen) atoms. The van der Waals surface area contributed by atoms with Gasteiger partial charge in [-0.05, 0) is 58.5 Å². The van der Waals surface area contributed by atoms with Crippen molar-refractivity contribution in [3.8, 4) is 5.75 Å². The second-order valence-corrected chi connectivity index (χ2v) is 6.32. The van der Waals surface area contributed by atoms with Gasteiger partial charge < -0.3 is 10.8 Å². The van der Waals surface area contributed by atoms with Crippen molar-refractivity contribution in [3.05, 3.63) is 62.5 Å². The zero-order valence-corrected chi connectivity index (χ0v) is 14.7. The number of halogens is 2. The SMILES string of the molecule is NC(=S)N/N=C(/c1cccc(Br)c1)c1ccc(O)c(Br)c1. The molecule has 7 heteroatoms. The molecule has 0 aliphatic heterocycles. The molecule has 0 saturated carbocycles. The summed E-state index contributed by atoms with van der Waals surface area (Å²) in [6.07, 6.45) is 0. The largest absolute Gasteiger partial charge is 0.507 e. The van der Waals surface area contributed by atoms with Gasteiger partial charge in [-0.25, -0.2) is 0 Å². The summed E-state index contributed by atoms with van der Waals surface area (Å²) in [6.45, 7) is 0. The molecule has 108 valence electrons. The zero-order valence-electron chi connectivity index (χ0n) is 10.7. The van der Waals surface area contributed by atoms with Crippen molar-refractivity contribution in [2.24, 2.45) is 10.8 Å². The van der Waals surface area contributed by atoms with Crippen molar-refractivity contribution in [2.75, 3.05) is 0 Å². The summed E-state index contributed by atoms with van der Waals surface area (Å²) in [5, 5.41) is 13.9. The molecule has 0 aromatic heterocycles. The summed E-state index contributed by atoms with van der Waals surface area (Å²) >= 11 is 11.5. The van der Waals surface area contributed by atoms with Gasteiger partial charge in [0.05, 0.1) is 10.2 Å². The Bertz CT molecular complexity index is 719. The van der Waals surface area contributed by atoms with Gasteiger partial charge in [-0.15, -0.1) is 0 Å². The predicted molar refractivity (Wildman–Crippen MR) is 95.5 cm³/mol. The Labute approximate surface area is 144 Å². The first-order valence-electron chi connectivity index (χ1n) is 5.85. The van der Waals surface area contributed by atoms with Crippen LogP contribution in [0.1, 0.15) is 11.1 Å². The molecule has 0 unspecified atom stereocenters. The van der Waals surface area contributed by atoms with Gasteiger partial charge in [-0.3, -0.25) is 5.43 Å². The van der Waals surface area contributed by atoms with E-state index in [1.807, 2.05) is 24.3 Å². The number of hydrazone groups is 1. The average molecular weight is 429 g/mol. The maximum absolute atomic E-state index is 9.61. The Morgan fingerprint density at radius 2 is 1.86 bits per heavy atom. The Morgan fingerprint density at radius 3 is 2.48 bits per heavy atom. The summed E-state index contributed by atoms with van der Waals surface area (Å²) in [4.78, 5) is 0. The maximum atomic E-state index is 9.61. The summed E-state index contributed by atoms with van der Waals surface area (Å²) in [5.41, 5.74) is 10.4. The minimum Gasteiger partial charge on any atom is -0.507 e. The van der Waals surface area contributed by atoms with Crippen molar-refractivity contribution < 1.29 is 5.11 Å². The Hall–Kier alpha value is -1.44. The number of rotatable bonds is 3. The first-order chi connectivity index (χ1) is 9.97. The van der Waals surface area contributed by atoms with Crippen molar-refractivity contribution in [1.29, 1.82) is 0 Å². The summed E-state index contributed by atoms with van der Waals surface area (Å²) in [5.74, 6) is 0.162. The van der Waals surface area contributed by atoms with E-state index in [4.69, 9.17) is 18.0 Å². The lowest BCUT2D eigenvalue weighted by atomic mass is 10.0. The second-order valence-electron chi connectivity index (χ2n) is 4.11. The third kappa shape index (κ3) is 4.26. The maximum Gasteiger partial charge on any atom is 0.184 e. The van der Waals surface area contributed by atoms with Gasteiger partial charge in [0.15, 0.2) is 5.11 Å². The standard InChI is InChI=1S/C14H11Br2N3OS/c15-10-3-1-2-8(6-10)13(18-19-14(17)21)9-4-5-12(20)11(16)7-9/h1-7,20H,(H3,17,19,21)/b18-13-. The molecule has 4 nitrogen and oxygen atoms in total. The highest BCUT2D eigenvalue weighted by Gasteiger charge is 2.10. The van der Waals surface area contributed by atoms with E-state index in [-0.39, 0.29) is 10.9 Å². The number of nitrogens with zero attached hydrogens (tertiary/aromatic N) is 1. The molecule has 0 fully saturated rings. The van der Waals surface area contributed by atoms with Gasteiger partial charge in [0.25, 0.3) is 0 Å². The summed E-state index contributed by atoms with van der Waals surface area (Å²) in [7, 11) is 0. The zero-order chi connectivity index (χ0) is 15.4. The van der Waals surface area contributed by atoms with Crippen LogP contribution in [-0.4, -0.2) is 15.9 Å². The molecule has 0 spiro atoms. The molecule has 0 aliphatic rings. The van der Waals surface area contributed by atoms with Crippen molar-refractivity contribution in [3.63, 3.8) is 0 Å². The molecule has 2 rings (SSSR count). The van der Waals surface area contributed by atoms with Gasteiger partial charge in [0.1, 0.15) is 5.75 Å². The molecule has 0 bridgehead atoms. The molecule has 0 amide bonds. The summed E-state index contributed by atoms with van der Waals surface area (Å²) in [6, 6.07) is 12.8. The Balaban J connectivity index is 2.52. The first-order valence-corrected chi connectivity index (χ1v) is 7.85. The molecule has 4 N–H and O–H groups in total. The molecular formula is C14H11Br2N3OS. The van der Waals surface area contributed by atoms with Crippen molar-refractivity contribution in [1.82, 2.24) is 5.43 Å². The van der Waals surface area contributed by atoms with E-state index in [2.05, 4.69) is 42.4 Å². The Morgan fingerprint density at radius 1 is 1.14 bits per heavy atom. The number of phenols is 1. The van der Waals surface area contributed by atoms with Crippen molar-refractivity contribution >= 4 is 54.9 Å². The van der Waals surface area contributed by atoms with Crippen LogP contribution >= 0.6 is 44.1 Å². The molecule has 0 heterocycles. The molecule has 0 atom stereocenters. The minimum atomic E-state index is 0.0836. The van der Waals surface area contributed by atoms with Gasteiger partial charge in [0, 0.05) is 15.6 Å². The number of nitrogens with two attached hydrogens (primary N) is 1. The van der Waals surface area contributed by atoms with E-state index < -0.39 is 0 Å². The van der Waals surface area contributed by atoms with E-state index in [1.165, 1.54) is 0 Å². The number of benzene rings is 2. The molecule has 2 aromatic rings. The van der Waals surface area contributed by atoms with Crippen LogP contribution in [0.15, 0.2) is 56.5 Å². The lowest BCUT2D eigenvalue weighted by Crippen LogP contribution is -2.26. The lowest BCUT2D eigenvalue weighted by molar-refractivity contribution is 0.472. The van der Waals surface area contributed by atoms with Gasteiger partial charge in [0.2, 0.25) is 0 Å². The molecule has 0 radical (unpaired) electrons. The molecule has 0 saturated heterocycles.